The molecular formula is C42H55N11O7S2. The van der Waals surface area contributed by atoms with Gasteiger partial charge >= 0.3 is 0 Å². The summed E-state index contributed by atoms with van der Waals surface area (Å²) in [6, 6.07) is 14.9. The molecule has 4 aromatic rings. The Labute approximate surface area is 366 Å². The predicted molar refractivity (Wildman–Crippen MR) is 242 cm³/mol. The van der Waals surface area contributed by atoms with Gasteiger partial charge in [0.15, 0.2) is 5.96 Å². The molecule has 6 atom stereocenters. The first-order valence-corrected chi connectivity index (χ1v) is 22.4. The van der Waals surface area contributed by atoms with Crippen LogP contribution in [0.1, 0.15) is 44.7 Å². The van der Waals surface area contributed by atoms with Crippen LogP contribution in [0.4, 0.5) is 0 Å². The molecule has 0 spiro atoms. The van der Waals surface area contributed by atoms with Gasteiger partial charge in [-0.05, 0) is 61.1 Å². The van der Waals surface area contributed by atoms with Crippen LogP contribution in [0, 0.1) is 0 Å². The lowest BCUT2D eigenvalue weighted by Crippen LogP contribution is -2.63. The van der Waals surface area contributed by atoms with Crippen molar-refractivity contribution in [1.29, 1.82) is 0 Å². The first kappa shape index (κ1) is 47.2. The van der Waals surface area contributed by atoms with Crippen LogP contribution in [-0.4, -0.2) is 112 Å². The number of carbonyl (C=O) groups is 6. The summed E-state index contributed by atoms with van der Waals surface area (Å²) in [4.78, 5) is 88.2. The second-order valence-electron chi connectivity index (χ2n) is 15.6. The van der Waals surface area contributed by atoms with Crippen molar-refractivity contribution in [2.75, 3.05) is 18.8 Å². The Hall–Kier alpha value is -5.83. The fourth-order valence-electron chi connectivity index (χ4n) is 7.10. The maximum Gasteiger partial charge on any atom is 0.243 e. The van der Waals surface area contributed by atoms with E-state index < -0.39 is 83.2 Å². The van der Waals surface area contributed by atoms with Crippen LogP contribution in [0.15, 0.2) is 77.9 Å². The van der Waals surface area contributed by atoms with Crippen LogP contribution in [-0.2, 0) is 41.6 Å². The van der Waals surface area contributed by atoms with Gasteiger partial charge in [-0.2, -0.15) is 0 Å². The van der Waals surface area contributed by atoms with E-state index in [1.54, 1.807) is 20.0 Å². The molecule has 1 saturated heterocycles. The SMILES string of the molecule is CC(=O)NC1CSSC(C)(C)[C@@H](C(N)=O)NC(O)[C@H](Cc2c[nH]c3ccccc23)NC(=O)[C@H](CCCN=C(N)N)NC(=O)[C@@H](Cc2ccc3ccccc3c2)NC(=O)CNC1=O. The minimum atomic E-state index is -1.57. The molecule has 18 nitrogen and oxygen atoms in total. The maximum absolute atomic E-state index is 14.5. The van der Waals surface area contributed by atoms with E-state index >= 15 is 0 Å². The van der Waals surface area contributed by atoms with E-state index in [-0.39, 0.29) is 43.9 Å². The molecule has 2 unspecified atom stereocenters. The Morgan fingerprint density at radius 1 is 0.887 bits per heavy atom. The van der Waals surface area contributed by atoms with Crippen LogP contribution in [0.5, 0.6) is 0 Å². The maximum atomic E-state index is 14.5. The van der Waals surface area contributed by atoms with Gasteiger partial charge in [-0.1, -0.05) is 82.3 Å². The fraction of sp³-hybridized carbons (Fsp3) is 0.405. The number of primary amides is 1. The summed E-state index contributed by atoms with van der Waals surface area (Å²) < 4.78 is -1.04. The molecule has 0 saturated carbocycles. The number of aromatic nitrogens is 1. The van der Waals surface area contributed by atoms with Crippen molar-refractivity contribution < 1.29 is 33.9 Å². The van der Waals surface area contributed by atoms with Gasteiger partial charge in [0.25, 0.3) is 0 Å². The van der Waals surface area contributed by atoms with Crippen molar-refractivity contribution in [1.82, 2.24) is 36.9 Å². The second-order valence-corrected chi connectivity index (χ2v) is 18.6. The Morgan fingerprint density at radius 3 is 2.32 bits per heavy atom. The molecule has 5 rings (SSSR count). The summed E-state index contributed by atoms with van der Waals surface area (Å²) >= 11 is 0. The molecule has 3 aromatic carbocycles. The highest BCUT2D eigenvalue weighted by atomic mass is 33.1. The van der Waals surface area contributed by atoms with Crippen LogP contribution < -0.4 is 49.1 Å². The van der Waals surface area contributed by atoms with E-state index in [4.69, 9.17) is 17.2 Å². The quantitative estimate of drug-likeness (QED) is 0.0440. The Kier molecular flexibility index (Phi) is 16.6. The van der Waals surface area contributed by atoms with Gasteiger partial charge in [-0.3, -0.25) is 39.1 Å². The lowest BCUT2D eigenvalue weighted by molar-refractivity contribution is -0.133. The number of guanidine groups is 1. The third-order valence-corrected chi connectivity index (χ3v) is 13.6. The summed E-state index contributed by atoms with van der Waals surface area (Å²) in [5.74, 6) is -4.17. The third-order valence-electron chi connectivity index (χ3n) is 10.2. The molecule has 20 heteroatoms. The summed E-state index contributed by atoms with van der Waals surface area (Å²) in [6.45, 7) is 4.28. The van der Waals surface area contributed by atoms with Crippen molar-refractivity contribution in [3.05, 3.63) is 84.1 Å². The molecule has 1 aromatic heterocycles. The lowest BCUT2D eigenvalue weighted by Gasteiger charge is -2.36. The predicted octanol–water partition coefficient (Wildman–Crippen LogP) is 0.171. The van der Waals surface area contributed by atoms with Gasteiger partial charge in [-0.25, -0.2) is 0 Å². The van der Waals surface area contributed by atoms with Gasteiger partial charge in [0.2, 0.25) is 35.4 Å². The number of aliphatic hydroxyl groups excluding tert-OH is 1. The Balaban J connectivity index is 1.53. The number of para-hydroxylation sites is 1. The second kappa shape index (κ2) is 21.8. The summed E-state index contributed by atoms with van der Waals surface area (Å²) in [6.07, 6.45) is 0.563. The number of aromatic amines is 1. The summed E-state index contributed by atoms with van der Waals surface area (Å²) in [7, 11) is 2.35. The highest BCUT2D eigenvalue weighted by molar-refractivity contribution is 8.77. The number of nitrogens with zero attached hydrogens (tertiary/aromatic N) is 1. The molecule has 14 N–H and O–H groups in total. The average Bonchev–Trinajstić information content (AvgIpc) is 3.63. The zero-order valence-corrected chi connectivity index (χ0v) is 36.4. The number of aliphatic hydroxyl groups is 1. The minimum absolute atomic E-state index is 0.0111. The highest BCUT2D eigenvalue weighted by Crippen LogP contribution is 2.39. The third kappa shape index (κ3) is 13.3. The highest BCUT2D eigenvalue weighted by Gasteiger charge is 2.39. The zero-order valence-electron chi connectivity index (χ0n) is 34.7. The lowest BCUT2D eigenvalue weighted by atomic mass is 9.99. The summed E-state index contributed by atoms with van der Waals surface area (Å²) in [5, 5.41) is 31.2. The van der Waals surface area contributed by atoms with Crippen molar-refractivity contribution in [2.24, 2.45) is 22.2 Å². The molecule has 62 heavy (non-hydrogen) atoms. The molecule has 0 aliphatic carbocycles. The average molecular weight is 890 g/mol. The number of hydrogen-bond donors (Lipinski definition) is 11. The Morgan fingerprint density at radius 2 is 1.60 bits per heavy atom. The number of carbonyl (C=O) groups excluding carboxylic acids is 6. The van der Waals surface area contributed by atoms with Crippen LogP contribution >= 0.6 is 21.6 Å². The summed E-state index contributed by atoms with van der Waals surface area (Å²) in [5.41, 5.74) is 19.3. The largest absolute Gasteiger partial charge is 0.376 e. The monoisotopic (exact) mass is 889 g/mol. The van der Waals surface area contributed by atoms with Gasteiger partial charge in [-0.15, -0.1) is 0 Å². The Bertz CT molecular complexity index is 2280. The number of amides is 6. The zero-order chi connectivity index (χ0) is 45.0. The smallest absolute Gasteiger partial charge is 0.243 e. The van der Waals surface area contributed by atoms with Gasteiger partial charge in [0.05, 0.1) is 12.6 Å². The number of aliphatic imine (C=N–C) groups is 1. The molecule has 1 fully saturated rings. The number of hydrogen-bond acceptors (Lipinski definition) is 11. The van der Waals surface area contributed by atoms with Crippen LogP contribution in [0.2, 0.25) is 0 Å². The number of nitrogens with one attached hydrogen (secondary N) is 7. The number of fused-ring (bicyclic) bond motifs is 2. The van der Waals surface area contributed by atoms with E-state index in [2.05, 4.69) is 41.9 Å². The molecule has 1 aliphatic heterocycles. The van der Waals surface area contributed by atoms with Crippen molar-refractivity contribution in [3.63, 3.8) is 0 Å². The van der Waals surface area contributed by atoms with Gasteiger partial charge in [0.1, 0.15) is 30.4 Å². The number of nitrogens with two attached hydrogens (primary N) is 3. The first-order valence-electron chi connectivity index (χ1n) is 20.1. The van der Waals surface area contributed by atoms with Crippen molar-refractivity contribution >= 4 is 84.7 Å². The molecule has 6 amide bonds. The van der Waals surface area contributed by atoms with Crippen molar-refractivity contribution in [2.45, 2.75) is 87.6 Å². The molecule has 0 radical (unpaired) electrons. The van der Waals surface area contributed by atoms with Crippen LogP contribution in [0.3, 0.4) is 0 Å². The standard InChI is InChI=1S/C42H55N11O7S2/c1-23(54)49-33-22-61-62-42(2,3)35(36(43)56)53-40(60)32(19-27-20-47-29-12-7-6-11-28(27)29)52-38(58)30(13-8-16-46-41(44)45)51-39(59)31(50-34(55)21-48-37(33)57)18-24-14-15-25-9-4-5-10-26(25)17-24/h4-7,9-12,14-15,17,20,30-33,35,40,47,53,60H,8,13,16,18-19,21-22H2,1-3H3,(H2,43,56)(H,48,57)(H,49,54)(H,50,55)(H,51,59)(H,52,58)(H4,44,45,46)/t30-,31+,32-,33?,35+,40?/m0/s1. The minimum Gasteiger partial charge on any atom is -0.376 e. The number of benzene rings is 3. The number of H-pyrrole nitrogens is 1. The number of rotatable bonds is 10. The topological polar surface area (TPSA) is 301 Å². The normalized spacial score (nSPS) is 23.3. The van der Waals surface area contributed by atoms with Crippen LogP contribution in [0.25, 0.3) is 21.7 Å². The van der Waals surface area contributed by atoms with E-state index in [9.17, 15) is 33.9 Å². The van der Waals surface area contributed by atoms with Gasteiger partial charge < -0.3 is 53.9 Å². The molecular weight excluding hydrogens is 835 g/mol. The van der Waals surface area contributed by atoms with E-state index in [0.29, 0.717) is 5.56 Å². The molecule has 332 valence electrons. The van der Waals surface area contributed by atoms with E-state index in [1.165, 1.54) is 28.5 Å². The van der Waals surface area contributed by atoms with Gasteiger partial charge in [0, 0.05) is 47.5 Å². The molecule has 0 bridgehead atoms. The fourth-order valence-corrected chi connectivity index (χ4v) is 9.93. The molecule has 1 aliphatic rings. The molecule has 2 heterocycles. The van der Waals surface area contributed by atoms with E-state index in [1.807, 2.05) is 66.7 Å². The first-order chi connectivity index (χ1) is 29.5. The van der Waals surface area contributed by atoms with E-state index in [0.717, 1.165) is 27.2 Å². The van der Waals surface area contributed by atoms with Crippen molar-refractivity contribution in [3.8, 4) is 0 Å².